The van der Waals surface area contributed by atoms with Crippen molar-refractivity contribution in [3.8, 4) is 5.88 Å². The first-order chi connectivity index (χ1) is 15.7. The maximum atomic E-state index is 12.7. The molecular weight excluding hydrogens is 470 g/mol. The number of hydrazine groups is 1. The van der Waals surface area contributed by atoms with Crippen molar-refractivity contribution in [3.63, 3.8) is 0 Å². The van der Waals surface area contributed by atoms with E-state index in [0.717, 1.165) is 37.3 Å². The molecular formula is C21H24ClN5O5S. The number of aromatic nitrogens is 1. The molecule has 12 heteroatoms. The normalized spacial score (nSPS) is 16.7. The molecule has 0 unspecified atom stereocenters. The molecule has 2 aliphatic rings. The number of likely N-dealkylation sites (N-methyl/N-ethyl adjacent to an activating group) is 1. The van der Waals surface area contributed by atoms with Crippen LogP contribution in [-0.2, 0) is 14.3 Å². The van der Waals surface area contributed by atoms with Crippen LogP contribution in [0.25, 0.3) is 10.2 Å². The van der Waals surface area contributed by atoms with Crippen molar-refractivity contribution >= 4 is 56.6 Å². The first-order valence-electron chi connectivity index (χ1n) is 10.5. The molecule has 10 nitrogen and oxygen atoms in total. The molecule has 0 aromatic carbocycles. The van der Waals surface area contributed by atoms with Gasteiger partial charge in [-0.05, 0) is 44.4 Å². The molecule has 2 aromatic rings. The van der Waals surface area contributed by atoms with Crippen molar-refractivity contribution in [2.24, 2.45) is 5.73 Å². The van der Waals surface area contributed by atoms with E-state index in [1.165, 1.54) is 12.2 Å². The Bertz CT molecular complexity index is 1170. The molecule has 1 aliphatic heterocycles. The number of halogens is 1. The van der Waals surface area contributed by atoms with Gasteiger partial charge in [0.2, 0.25) is 11.5 Å². The van der Waals surface area contributed by atoms with Gasteiger partial charge in [-0.3, -0.25) is 14.6 Å². The summed E-state index contributed by atoms with van der Waals surface area (Å²) in [7, 11) is 0. The Morgan fingerprint density at radius 3 is 2.55 bits per heavy atom. The number of thiophene rings is 1. The summed E-state index contributed by atoms with van der Waals surface area (Å²) in [5.41, 5.74) is 10.7. The third kappa shape index (κ3) is 4.23. The molecule has 176 valence electrons. The summed E-state index contributed by atoms with van der Waals surface area (Å²) in [6, 6.07) is 0. The standard InChI is InChI=1S/C21H24ClN5O5S/c1-3-27(26-8-4-5-9-26)12(28)10-31-17-14(22)11(2)13-15(23)16(33-18(13)25-17)19(29)32-21(6-7-21)20(24)30/h6-7H,3-5,8-10,23H2,1-2H3,(H2,24,30). The van der Waals surface area contributed by atoms with Gasteiger partial charge in [-0.1, -0.05) is 11.6 Å². The highest BCUT2D eigenvalue weighted by Gasteiger charge is 2.46. The topological polar surface area (TPSA) is 141 Å². The predicted molar refractivity (Wildman–Crippen MR) is 124 cm³/mol. The minimum atomic E-state index is -1.51. The number of carbonyl (C=O) groups is 3. The van der Waals surface area contributed by atoms with E-state index in [4.69, 9.17) is 32.5 Å². The fraction of sp³-hybridized carbons (Fsp3) is 0.429. The largest absolute Gasteiger partial charge is 0.466 e. The van der Waals surface area contributed by atoms with Gasteiger partial charge in [0.05, 0.1) is 5.69 Å². The van der Waals surface area contributed by atoms with Gasteiger partial charge in [-0.25, -0.2) is 14.8 Å². The Hall–Kier alpha value is -2.89. The number of carbonyl (C=O) groups excluding carboxylic acids is 3. The summed E-state index contributed by atoms with van der Waals surface area (Å²) in [5.74, 6) is -1.70. The van der Waals surface area contributed by atoms with Gasteiger partial charge >= 0.3 is 5.97 Å². The fourth-order valence-corrected chi connectivity index (χ4v) is 4.99. The number of hydrogen-bond donors (Lipinski definition) is 2. The zero-order valence-electron chi connectivity index (χ0n) is 18.2. The highest BCUT2D eigenvalue weighted by Crippen LogP contribution is 2.42. The van der Waals surface area contributed by atoms with E-state index in [0.29, 0.717) is 22.3 Å². The number of aryl methyl sites for hydroxylation is 1. The number of anilines is 1. The lowest BCUT2D eigenvalue weighted by Gasteiger charge is -2.30. The highest BCUT2D eigenvalue weighted by molar-refractivity contribution is 7.21. The lowest BCUT2D eigenvalue weighted by Crippen LogP contribution is -2.46. The molecule has 4 N–H and O–H groups in total. The molecule has 3 heterocycles. The summed E-state index contributed by atoms with van der Waals surface area (Å²) < 4.78 is 10.9. The van der Waals surface area contributed by atoms with Gasteiger partial charge in [-0.2, -0.15) is 0 Å². The van der Waals surface area contributed by atoms with E-state index in [1.54, 1.807) is 11.9 Å². The number of esters is 1. The molecule has 0 radical (unpaired) electrons. The Morgan fingerprint density at radius 1 is 1.30 bits per heavy atom. The molecule has 4 rings (SSSR count). The summed E-state index contributed by atoms with van der Waals surface area (Å²) in [5, 5.41) is 4.37. The number of amides is 2. The molecule has 1 fully saturated rings. The van der Waals surface area contributed by atoms with Crippen LogP contribution in [0, 0.1) is 6.92 Å². The summed E-state index contributed by atoms with van der Waals surface area (Å²) in [6.07, 6.45) is 4.88. The second-order valence-electron chi connectivity index (χ2n) is 7.82. The molecule has 2 amide bonds. The average molecular weight is 494 g/mol. The number of ether oxygens (including phenoxy) is 2. The smallest absolute Gasteiger partial charge is 0.352 e. The van der Waals surface area contributed by atoms with Gasteiger partial charge in [0, 0.05) is 25.0 Å². The molecule has 1 saturated heterocycles. The second-order valence-corrected chi connectivity index (χ2v) is 9.20. The van der Waals surface area contributed by atoms with Crippen molar-refractivity contribution in [1.29, 1.82) is 0 Å². The fourth-order valence-electron chi connectivity index (χ4n) is 3.77. The Morgan fingerprint density at radius 2 is 1.97 bits per heavy atom. The molecule has 0 bridgehead atoms. The van der Waals surface area contributed by atoms with Crippen LogP contribution >= 0.6 is 22.9 Å². The number of nitrogen functional groups attached to an aromatic ring is 1. The van der Waals surface area contributed by atoms with Crippen LogP contribution in [-0.4, -0.2) is 64.6 Å². The monoisotopic (exact) mass is 493 g/mol. The Labute approximate surface area is 199 Å². The van der Waals surface area contributed by atoms with E-state index in [2.05, 4.69) is 4.98 Å². The number of primary amides is 1. The minimum Gasteiger partial charge on any atom is -0.466 e. The number of fused-ring (bicyclic) bond motifs is 1. The summed E-state index contributed by atoms with van der Waals surface area (Å²) in [4.78, 5) is 41.7. The first kappa shape index (κ1) is 23.3. The van der Waals surface area contributed by atoms with Crippen LogP contribution in [0.1, 0.15) is 35.0 Å². The number of nitrogens with zero attached hydrogens (tertiary/aromatic N) is 3. The van der Waals surface area contributed by atoms with E-state index in [9.17, 15) is 14.4 Å². The number of nitrogens with two attached hydrogens (primary N) is 2. The average Bonchev–Trinajstić information content (AvgIpc) is 3.21. The summed E-state index contributed by atoms with van der Waals surface area (Å²) in [6.45, 7) is 5.61. The molecule has 33 heavy (non-hydrogen) atoms. The van der Waals surface area contributed by atoms with E-state index in [-0.39, 0.29) is 34.0 Å². The lowest BCUT2D eigenvalue weighted by atomic mass is 10.1. The lowest BCUT2D eigenvalue weighted by molar-refractivity contribution is -0.149. The van der Waals surface area contributed by atoms with Crippen molar-refractivity contribution in [2.45, 2.75) is 32.3 Å². The van der Waals surface area contributed by atoms with Crippen LogP contribution in [0.3, 0.4) is 0 Å². The first-order valence-corrected chi connectivity index (χ1v) is 11.7. The Balaban J connectivity index is 1.55. The summed E-state index contributed by atoms with van der Waals surface area (Å²) >= 11 is 7.44. The minimum absolute atomic E-state index is 0.0745. The van der Waals surface area contributed by atoms with Gasteiger partial charge in [0.1, 0.15) is 14.7 Å². The number of pyridine rings is 1. The van der Waals surface area contributed by atoms with Crippen molar-refractivity contribution in [3.05, 3.63) is 27.6 Å². The van der Waals surface area contributed by atoms with Gasteiger partial charge in [0.15, 0.2) is 6.61 Å². The highest BCUT2D eigenvalue weighted by atomic mass is 35.5. The maximum Gasteiger partial charge on any atom is 0.352 e. The van der Waals surface area contributed by atoms with E-state index < -0.39 is 17.5 Å². The van der Waals surface area contributed by atoms with Crippen molar-refractivity contribution < 1.29 is 23.9 Å². The molecule has 0 spiro atoms. The van der Waals surface area contributed by atoms with E-state index >= 15 is 0 Å². The van der Waals surface area contributed by atoms with Crippen LogP contribution in [0.2, 0.25) is 5.02 Å². The van der Waals surface area contributed by atoms with Crippen LogP contribution in [0.5, 0.6) is 5.88 Å². The SMILES string of the molecule is CCN(C(=O)COc1nc2sc(C(=O)OC3(C(N)=O)C=C3)c(N)c2c(C)c1Cl)N1CCCC1. The van der Waals surface area contributed by atoms with Crippen LogP contribution in [0.15, 0.2) is 12.2 Å². The van der Waals surface area contributed by atoms with Crippen molar-refractivity contribution in [2.75, 3.05) is 32.0 Å². The molecule has 0 atom stereocenters. The predicted octanol–water partition coefficient (Wildman–Crippen LogP) is 2.03. The molecule has 1 aliphatic carbocycles. The number of hydrogen-bond acceptors (Lipinski definition) is 9. The third-order valence-electron chi connectivity index (χ3n) is 5.67. The van der Waals surface area contributed by atoms with Gasteiger partial charge in [0.25, 0.3) is 11.8 Å². The molecule has 2 aromatic heterocycles. The van der Waals surface area contributed by atoms with E-state index in [1.807, 2.05) is 11.9 Å². The maximum absolute atomic E-state index is 12.7. The van der Waals surface area contributed by atoms with Gasteiger partial charge in [-0.15, -0.1) is 11.3 Å². The van der Waals surface area contributed by atoms with Crippen molar-refractivity contribution in [1.82, 2.24) is 15.0 Å². The van der Waals surface area contributed by atoms with Gasteiger partial charge < -0.3 is 20.9 Å². The van der Waals surface area contributed by atoms with Crippen LogP contribution in [0.4, 0.5) is 5.69 Å². The second kappa shape index (κ2) is 8.81. The zero-order valence-corrected chi connectivity index (χ0v) is 19.8. The van der Waals surface area contributed by atoms with Crippen LogP contribution < -0.4 is 16.2 Å². The number of rotatable bonds is 8. The Kier molecular flexibility index (Phi) is 6.21. The zero-order chi connectivity index (χ0) is 23.9. The third-order valence-corrected chi connectivity index (χ3v) is 7.19. The molecule has 0 saturated carbocycles. The quantitative estimate of drug-likeness (QED) is 0.420.